The number of nitrogens with zero attached hydrogens (tertiary/aromatic N) is 1. The number of fused-ring (bicyclic) bond motifs is 1. The van der Waals surface area contributed by atoms with Gasteiger partial charge in [-0.05, 0) is 33.3 Å². The molecule has 0 aliphatic carbocycles. The molecular formula is C16H24N2O3. The molecule has 1 unspecified atom stereocenters. The number of rotatable bonds is 4. The van der Waals surface area contributed by atoms with Crippen molar-refractivity contribution < 1.29 is 14.6 Å². The Morgan fingerprint density at radius 2 is 2.10 bits per heavy atom. The molecule has 1 amide bonds. The number of benzene rings is 1. The van der Waals surface area contributed by atoms with Crippen molar-refractivity contribution in [2.24, 2.45) is 0 Å². The molecule has 5 nitrogen and oxygen atoms in total. The minimum atomic E-state index is -0.969. The highest BCUT2D eigenvalue weighted by atomic mass is 16.5. The predicted octanol–water partition coefficient (Wildman–Crippen LogP) is 3.01. The summed E-state index contributed by atoms with van der Waals surface area (Å²) in [5.74, 6) is 0.814. The number of para-hydroxylation sites is 1. The lowest BCUT2D eigenvalue weighted by molar-refractivity contribution is 0.117. The van der Waals surface area contributed by atoms with Gasteiger partial charge in [0.05, 0.1) is 0 Å². The van der Waals surface area contributed by atoms with Crippen molar-refractivity contribution in [3.63, 3.8) is 0 Å². The molecule has 0 radical (unpaired) electrons. The van der Waals surface area contributed by atoms with E-state index in [1.54, 1.807) is 7.05 Å². The summed E-state index contributed by atoms with van der Waals surface area (Å²) in [6.07, 6.45) is -0.559. The summed E-state index contributed by atoms with van der Waals surface area (Å²) in [4.78, 5) is 12.7. The van der Waals surface area contributed by atoms with E-state index in [1.807, 2.05) is 45.9 Å². The fourth-order valence-corrected chi connectivity index (χ4v) is 2.69. The Labute approximate surface area is 125 Å². The normalized spacial score (nSPS) is 17.2. The first kappa shape index (κ1) is 15.6. The second kappa shape index (κ2) is 5.56. The predicted molar refractivity (Wildman–Crippen MR) is 81.7 cm³/mol. The molecule has 1 aliphatic heterocycles. The van der Waals surface area contributed by atoms with Crippen molar-refractivity contribution in [3.05, 3.63) is 29.3 Å². The molecule has 0 aromatic heterocycles. The molecule has 5 heteroatoms. The largest absolute Gasteiger partial charge is 0.487 e. The fourth-order valence-electron chi connectivity index (χ4n) is 2.69. The van der Waals surface area contributed by atoms with E-state index in [2.05, 4.69) is 5.32 Å². The summed E-state index contributed by atoms with van der Waals surface area (Å²) >= 11 is 0. The summed E-state index contributed by atoms with van der Waals surface area (Å²) in [6, 6.07) is 6.09. The van der Waals surface area contributed by atoms with Crippen LogP contribution >= 0.6 is 0 Å². The minimum absolute atomic E-state index is 0.155. The Morgan fingerprint density at radius 3 is 2.67 bits per heavy atom. The highest BCUT2D eigenvalue weighted by Crippen LogP contribution is 2.40. The molecular weight excluding hydrogens is 268 g/mol. The van der Waals surface area contributed by atoms with Gasteiger partial charge in [-0.15, -0.1) is 0 Å². The van der Waals surface area contributed by atoms with Crippen molar-refractivity contribution >= 4 is 6.09 Å². The standard InChI is InChI=1S/C16H24N2O3/c1-10(2)17-14(18(5)15(19)20)12-8-6-7-11-9-16(3,4)21-13(11)12/h6-8,10,14,17H,9H2,1-5H3,(H,19,20). The molecule has 1 atom stereocenters. The highest BCUT2D eigenvalue weighted by molar-refractivity contribution is 5.66. The van der Waals surface area contributed by atoms with Crippen LogP contribution in [0.1, 0.15) is 45.0 Å². The van der Waals surface area contributed by atoms with E-state index in [-0.39, 0.29) is 11.6 Å². The van der Waals surface area contributed by atoms with Gasteiger partial charge >= 0.3 is 6.09 Å². The first-order chi connectivity index (χ1) is 9.71. The fraction of sp³-hybridized carbons (Fsp3) is 0.562. The summed E-state index contributed by atoms with van der Waals surface area (Å²) in [7, 11) is 1.57. The molecule has 2 N–H and O–H groups in total. The molecule has 1 aromatic rings. The minimum Gasteiger partial charge on any atom is -0.487 e. The summed E-state index contributed by atoms with van der Waals surface area (Å²) in [5, 5.41) is 12.6. The van der Waals surface area contributed by atoms with E-state index in [4.69, 9.17) is 4.74 Å². The van der Waals surface area contributed by atoms with E-state index in [0.29, 0.717) is 0 Å². The van der Waals surface area contributed by atoms with Gasteiger partial charge in [-0.2, -0.15) is 0 Å². The van der Waals surface area contributed by atoms with Crippen LogP contribution in [0, 0.1) is 0 Å². The number of amides is 1. The van der Waals surface area contributed by atoms with Gasteiger partial charge in [0.25, 0.3) is 0 Å². The van der Waals surface area contributed by atoms with Gasteiger partial charge in [0.1, 0.15) is 17.5 Å². The first-order valence-electron chi connectivity index (χ1n) is 7.24. The van der Waals surface area contributed by atoms with Crippen molar-refractivity contribution in [1.29, 1.82) is 0 Å². The van der Waals surface area contributed by atoms with E-state index in [0.717, 1.165) is 23.3 Å². The average Bonchev–Trinajstić information content (AvgIpc) is 2.68. The zero-order chi connectivity index (χ0) is 15.8. The van der Waals surface area contributed by atoms with Crippen molar-refractivity contribution in [3.8, 4) is 5.75 Å². The quantitative estimate of drug-likeness (QED) is 0.837. The maximum Gasteiger partial charge on any atom is 0.408 e. The molecule has 0 saturated heterocycles. The lowest BCUT2D eigenvalue weighted by atomic mass is 9.99. The van der Waals surface area contributed by atoms with Gasteiger partial charge in [-0.3, -0.25) is 10.2 Å². The molecule has 0 bridgehead atoms. The van der Waals surface area contributed by atoms with Crippen LogP contribution in [0.2, 0.25) is 0 Å². The number of hydrogen-bond acceptors (Lipinski definition) is 3. The van der Waals surface area contributed by atoms with Gasteiger partial charge in [-0.1, -0.05) is 18.2 Å². The molecule has 0 spiro atoms. The molecule has 1 aromatic carbocycles. The highest BCUT2D eigenvalue weighted by Gasteiger charge is 2.35. The lowest BCUT2D eigenvalue weighted by Gasteiger charge is -2.30. The van der Waals surface area contributed by atoms with Gasteiger partial charge in [-0.25, -0.2) is 4.79 Å². The lowest BCUT2D eigenvalue weighted by Crippen LogP contribution is -2.42. The topological polar surface area (TPSA) is 61.8 Å². The molecule has 0 fully saturated rings. The second-order valence-electron chi connectivity index (χ2n) is 6.49. The smallest absolute Gasteiger partial charge is 0.408 e. The molecule has 21 heavy (non-hydrogen) atoms. The monoisotopic (exact) mass is 292 g/mol. The van der Waals surface area contributed by atoms with Gasteiger partial charge in [0, 0.05) is 25.1 Å². The third-order valence-electron chi connectivity index (χ3n) is 3.60. The van der Waals surface area contributed by atoms with Crippen molar-refractivity contribution in [2.45, 2.75) is 51.9 Å². The zero-order valence-corrected chi connectivity index (χ0v) is 13.3. The Balaban J connectivity index is 2.43. The Hall–Kier alpha value is -1.75. The number of carboxylic acid groups (broad SMARTS) is 1. The molecule has 1 heterocycles. The van der Waals surface area contributed by atoms with E-state index < -0.39 is 12.3 Å². The SMILES string of the molecule is CC(C)NC(c1cccc2c1OC(C)(C)C2)N(C)C(=O)O. The number of hydrogen-bond donors (Lipinski definition) is 2. The third kappa shape index (κ3) is 3.29. The maximum atomic E-state index is 11.4. The summed E-state index contributed by atoms with van der Waals surface area (Å²) in [6.45, 7) is 8.08. The molecule has 2 rings (SSSR count). The molecule has 1 aliphatic rings. The van der Waals surface area contributed by atoms with Crippen molar-refractivity contribution in [1.82, 2.24) is 10.2 Å². The van der Waals surface area contributed by atoms with E-state index in [9.17, 15) is 9.90 Å². The van der Waals surface area contributed by atoms with Gasteiger partial charge in [0.2, 0.25) is 0 Å². The van der Waals surface area contributed by atoms with Crippen LogP contribution in [0.5, 0.6) is 5.75 Å². The van der Waals surface area contributed by atoms with Crippen LogP contribution in [-0.2, 0) is 6.42 Å². The Bertz CT molecular complexity index is 540. The molecule has 0 saturated carbocycles. The Kier molecular flexibility index (Phi) is 4.14. The Morgan fingerprint density at radius 1 is 1.43 bits per heavy atom. The van der Waals surface area contributed by atoms with Gasteiger partial charge < -0.3 is 9.84 Å². The summed E-state index contributed by atoms with van der Waals surface area (Å²) in [5.41, 5.74) is 1.76. The number of carbonyl (C=O) groups is 1. The first-order valence-corrected chi connectivity index (χ1v) is 7.24. The van der Waals surface area contributed by atoms with Crippen LogP contribution in [0.4, 0.5) is 4.79 Å². The van der Waals surface area contributed by atoms with E-state index in [1.165, 1.54) is 4.90 Å². The van der Waals surface area contributed by atoms with Crippen LogP contribution in [0.25, 0.3) is 0 Å². The van der Waals surface area contributed by atoms with Crippen LogP contribution in [-0.4, -0.2) is 34.8 Å². The van der Waals surface area contributed by atoms with Crippen LogP contribution in [0.15, 0.2) is 18.2 Å². The second-order valence-corrected chi connectivity index (χ2v) is 6.49. The third-order valence-corrected chi connectivity index (χ3v) is 3.60. The summed E-state index contributed by atoms with van der Waals surface area (Å²) < 4.78 is 6.06. The molecule has 116 valence electrons. The number of nitrogens with one attached hydrogen (secondary N) is 1. The average molecular weight is 292 g/mol. The number of ether oxygens (including phenoxy) is 1. The van der Waals surface area contributed by atoms with Crippen molar-refractivity contribution in [2.75, 3.05) is 7.05 Å². The zero-order valence-electron chi connectivity index (χ0n) is 13.3. The van der Waals surface area contributed by atoms with Crippen LogP contribution in [0.3, 0.4) is 0 Å². The van der Waals surface area contributed by atoms with Crippen LogP contribution < -0.4 is 10.1 Å². The van der Waals surface area contributed by atoms with E-state index >= 15 is 0 Å². The van der Waals surface area contributed by atoms with Gasteiger partial charge in [0.15, 0.2) is 0 Å². The maximum absolute atomic E-state index is 11.4.